The summed E-state index contributed by atoms with van der Waals surface area (Å²) in [5.74, 6) is 0. The summed E-state index contributed by atoms with van der Waals surface area (Å²) in [5, 5.41) is 9.78. The molecule has 1 fully saturated rings. The third-order valence-corrected chi connectivity index (χ3v) is 3.82. The summed E-state index contributed by atoms with van der Waals surface area (Å²) in [4.78, 5) is 2.38. The first-order valence-corrected chi connectivity index (χ1v) is 6.70. The third-order valence-electron chi connectivity index (χ3n) is 3.82. The van der Waals surface area contributed by atoms with E-state index in [4.69, 9.17) is 10.5 Å². The van der Waals surface area contributed by atoms with Crippen molar-refractivity contribution in [2.24, 2.45) is 5.73 Å². The summed E-state index contributed by atoms with van der Waals surface area (Å²) < 4.78 is 5.57. The molecule has 0 radical (unpaired) electrons. The van der Waals surface area contributed by atoms with E-state index >= 15 is 0 Å². The van der Waals surface area contributed by atoms with Crippen LogP contribution in [0.25, 0.3) is 0 Å². The minimum absolute atomic E-state index is 0.344. The van der Waals surface area contributed by atoms with Crippen molar-refractivity contribution >= 4 is 0 Å². The topological polar surface area (TPSA) is 58.7 Å². The van der Waals surface area contributed by atoms with Crippen LogP contribution in [-0.4, -0.2) is 54.5 Å². The number of likely N-dealkylation sites (N-methyl/N-ethyl adjacent to an activating group) is 1. The molecule has 0 aromatic heterocycles. The second-order valence-corrected chi connectivity index (χ2v) is 5.57. The van der Waals surface area contributed by atoms with Crippen LogP contribution in [-0.2, 0) is 4.74 Å². The Hall–Kier alpha value is -0.160. The van der Waals surface area contributed by atoms with Gasteiger partial charge in [0.25, 0.3) is 0 Å². The first-order chi connectivity index (χ1) is 7.96. The monoisotopic (exact) mass is 244 g/mol. The lowest BCUT2D eigenvalue weighted by atomic mass is 9.99. The second kappa shape index (κ2) is 6.69. The smallest absolute Gasteiger partial charge is 0.0741 e. The van der Waals surface area contributed by atoms with Gasteiger partial charge in [-0.2, -0.15) is 0 Å². The molecule has 102 valence electrons. The highest BCUT2D eigenvalue weighted by atomic mass is 16.5. The van der Waals surface area contributed by atoms with Gasteiger partial charge in [0, 0.05) is 19.2 Å². The fraction of sp³-hybridized carbons (Fsp3) is 1.00. The van der Waals surface area contributed by atoms with E-state index in [9.17, 15) is 5.11 Å². The van der Waals surface area contributed by atoms with Crippen LogP contribution in [0.1, 0.15) is 39.5 Å². The molecule has 0 aromatic rings. The second-order valence-electron chi connectivity index (χ2n) is 5.57. The predicted octanol–water partition coefficient (Wildman–Crippen LogP) is 0.976. The molecule has 3 atom stereocenters. The Kier molecular flexibility index (Phi) is 5.86. The Balaban J connectivity index is 2.14. The molecule has 3 N–H and O–H groups in total. The molecule has 0 aliphatic carbocycles. The van der Waals surface area contributed by atoms with Crippen molar-refractivity contribution in [3.63, 3.8) is 0 Å². The first-order valence-electron chi connectivity index (χ1n) is 6.70. The van der Waals surface area contributed by atoms with Crippen LogP contribution in [0.2, 0.25) is 0 Å². The fourth-order valence-corrected chi connectivity index (χ4v) is 2.43. The molecule has 17 heavy (non-hydrogen) atoms. The van der Waals surface area contributed by atoms with Gasteiger partial charge in [-0.05, 0) is 53.1 Å². The Morgan fingerprint density at radius 3 is 2.71 bits per heavy atom. The molecule has 0 saturated carbocycles. The zero-order chi connectivity index (χ0) is 12.9. The van der Waals surface area contributed by atoms with Crippen molar-refractivity contribution < 1.29 is 9.84 Å². The number of unbranched alkanes of at least 4 members (excludes halogenated alkanes) is 1. The molecule has 1 aliphatic heterocycles. The van der Waals surface area contributed by atoms with E-state index in [0.29, 0.717) is 18.7 Å². The maximum absolute atomic E-state index is 9.78. The van der Waals surface area contributed by atoms with Gasteiger partial charge in [-0.3, -0.25) is 0 Å². The van der Waals surface area contributed by atoms with Gasteiger partial charge in [-0.25, -0.2) is 0 Å². The Morgan fingerprint density at radius 1 is 1.47 bits per heavy atom. The molecule has 0 amide bonds. The van der Waals surface area contributed by atoms with Crippen molar-refractivity contribution in [2.45, 2.75) is 57.3 Å². The Morgan fingerprint density at radius 2 is 2.18 bits per heavy atom. The molecule has 0 bridgehead atoms. The molecule has 1 heterocycles. The lowest BCUT2D eigenvalue weighted by Crippen LogP contribution is -2.38. The van der Waals surface area contributed by atoms with Gasteiger partial charge in [-0.15, -0.1) is 0 Å². The number of hydrogen-bond acceptors (Lipinski definition) is 4. The van der Waals surface area contributed by atoms with Crippen molar-refractivity contribution in [1.82, 2.24) is 4.90 Å². The van der Waals surface area contributed by atoms with Crippen molar-refractivity contribution in [3.8, 4) is 0 Å². The van der Waals surface area contributed by atoms with Crippen LogP contribution in [0, 0.1) is 0 Å². The predicted molar refractivity (Wildman–Crippen MR) is 70.0 cm³/mol. The van der Waals surface area contributed by atoms with E-state index in [1.807, 2.05) is 6.92 Å². The maximum atomic E-state index is 9.78. The molecule has 3 unspecified atom stereocenters. The molecule has 4 nitrogen and oxygen atoms in total. The van der Waals surface area contributed by atoms with Gasteiger partial charge < -0.3 is 20.5 Å². The lowest BCUT2D eigenvalue weighted by molar-refractivity contribution is 0.0545. The molecule has 1 saturated heterocycles. The quantitative estimate of drug-likeness (QED) is 0.655. The fourth-order valence-electron chi connectivity index (χ4n) is 2.43. The average Bonchev–Trinajstić information content (AvgIpc) is 2.71. The maximum Gasteiger partial charge on any atom is 0.0741 e. The van der Waals surface area contributed by atoms with E-state index in [1.165, 1.54) is 0 Å². The summed E-state index contributed by atoms with van der Waals surface area (Å²) >= 11 is 0. The van der Waals surface area contributed by atoms with Crippen LogP contribution in [0.15, 0.2) is 0 Å². The largest absolute Gasteiger partial charge is 0.389 e. The van der Waals surface area contributed by atoms with E-state index in [-0.39, 0.29) is 0 Å². The molecule has 0 aromatic carbocycles. The summed E-state index contributed by atoms with van der Waals surface area (Å²) in [6.07, 6.45) is 4.41. The highest BCUT2D eigenvalue weighted by molar-refractivity contribution is 4.80. The molecular weight excluding hydrogens is 216 g/mol. The van der Waals surface area contributed by atoms with Crippen LogP contribution >= 0.6 is 0 Å². The molecular formula is C13H28N2O2. The van der Waals surface area contributed by atoms with Crippen molar-refractivity contribution in [1.29, 1.82) is 0 Å². The Labute approximate surface area is 105 Å². The number of rotatable bonds is 7. The number of nitrogens with zero attached hydrogens (tertiary/aromatic N) is 1. The normalized spacial score (nSPS) is 28.6. The number of aliphatic hydroxyl groups is 1. The summed E-state index contributed by atoms with van der Waals surface area (Å²) in [7, 11) is 2.16. The zero-order valence-electron chi connectivity index (χ0n) is 11.5. The summed E-state index contributed by atoms with van der Waals surface area (Å²) in [6.45, 7) is 6.25. The van der Waals surface area contributed by atoms with Crippen LogP contribution in [0.5, 0.6) is 0 Å². The summed E-state index contributed by atoms with van der Waals surface area (Å²) in [6, 6.07) is 0.560. The van der Waals surface area contributed by atoms with Gasteiger partial charge in [0.2, 0.25) is 0 Å². The Bertz CT molecular complexity index is 221. The summed E-state index contributed by atoms with van der Waals surface area (Å²) in [5.41, 5.74) is 4.80. The number of ether oxygens (including phenoxy) is 1. The van der Waals surface area contributed by atoms with E-state index in [0.717, 1.165) is 38.8 Å². The van der Waals surface area contributed by atoms with Crippen molar-refractivity contribution in [2.75, 3.05) is 26.7 Å². The minimum atomic E-state index is -0.692. The van der Waals surface area contributed by atoms with Crippen LogP contribution in [0.3, 0.4) is 0 Å². The van der Waals surface area contributed by atoms with Gasteiger partial charge >= 0.3 is 0 Å². The average molecular weight is 244 g/mol. The van der Waals surface area contributed by atoms with Gasteiger partial charge in [0.1, 0.15) is 0 Å². The van der Waals surface area contributed by atoms with Crippen LogP contribution in [0.4, 0.5) is 0 Å². The zero-order valence-corrected chi connectivity index (χ0v) is 11.5. The SMILES string of the molecule is CC1OCCC1N(C)CCCCC(C)(O)CN. The molecule has 0 spiro atoms. The van der Waals surface area contributed by atoms with E-state index in [2.05, 4.69) is 18.9 Å². The van der Waals surface area contributed by atoms with Gasteiger partial charge in [0.05, 0.1) is 11.7 Å². The highest BCUT2D eigenvalue weighted by Gasteiger charge is 2.27. The number of hydrogen-bond donors (Lipinski definition) is 2. The van der Waals surface area contributed by atoms with Crippen molar-refractivity contribution in [3.05, 3.63) is 0 Å². The standard InChI is InChI=1S/C13H28N2O2/c1-11-12(6-9-17-11)15(3)8-5-4-7-13(2,16)10-14/h11-12,16H,4-10,14H2,1-3H3. The van der Waals surface area contributed by atoms with Gasteiger partial charge in [0.15, 0.2) is 0 Å². The first kappa shape index (κ1) is 14.9. The van der Waals surface area contributed by atoms with Crippen LogP contribution < -0.4 is 5.73 Å². The van der Waals surface area contributed by atoms with E-state index in [1.54, 1.807) is 0 Å². The molecule has 1 aliphatic rings. The van der Waals surface area contributed by atoms with E-state index < -0.39 is 5.60 Å². The lowest BCUT2D eigenvalue weighted by Gasteiger charge is -2.27. The highest BCUT2D eigenvalue weighted by Crippen LogP contribution is 2.19. The molecule has 4 heteroatoms. The van der Waals surface area contributed by atoms with Gasteiger partial charge in [-0.1, -0.05) is 0 Å². The number of nitrogens with two attached hydrogens (primary N) is 1. The minimum Gasteiger partial charge on any atom is -0.389 e. The third kappa shape index (κ3) is 4.92. The molecule has 1 rings (SSSR count).